The number of halogens is 2. The maximum atomic E-state index is 14.5. The zero-order valence-corrected chi connectivity index (χ0v) is 17.1. The number of rotatable bonds is 4. The molecule has 0 aromatic heterocycles. The SMILES string of the molecule is COc1ccc(N2C(=O)/C(=C\c3ccc(Br)cc3)N=C2c2ccccc2F)cc1. The van der Waals surface area contributed by atoms with Crippen LogP contribution >= 0.6 is 15.9 Å². The van der Waals surface area contributed by atoms with E-state index in [0.29, 0.717) is 11.4 Å². The molecule has 0 atom stereocenters. The van der Waals surface area contributed by atoms with Gasteiger partial charge in [0.1, 0.15) is 17.3 Å². The Morgan fingerprint density at radius 2 is 1.69 bits per heavy atom. The lowest BCUT2D eigenvalue weighted by atomic mass is 10.1. The molecule has 3 aromatic carbocycles. The first-order valence-corrected chi connectivity index (χ1v) is 9.65. The Morgan fingerprint density at radius 3 is 2.34 bits per heavy atom. The second-order valence-corrected chi connectivity index (χ2v) is 7.25. The van der Waals surface area contributed by atoms with Crippen LogP contribution in [0.4, 0.5) is 10.1 Å². The summed E-state index contributed by atoms with van der Waals surface area (Å²) in [5.41, 5.74) is 1.90. The van der Waals surface area contributed by atoms with Crippen molar-refractivity contribution in [3.63, 3.8) is 0 Å². The van der Waals surface area contributed by atoms with E-state index in [0.717, 1.165) is 10.0 Å². The van der Waals surface area contributed by atoms with Crippen molar-refractivity contribution in [2.45, 2.75) is 0 Å². The highest BCUT2D eigenvalue weighted by Crippen LogP contribution is 2.30. The van der Waals surface area contributed by atoms with Crippen molar-refractivity contribution in [1.29, 1.82) is 0 Å². The normalized spacial score (nSPS) is 15.0. The highest BCUT2D eigenvalue weighted by Gasteiger charge is 2.33. The first kappa shape index (κ1) is 19.1. The molecule has 1 aliphatic rings. The number of aliphatic imine (C=N–C) groups is 1. The van der Waals surface area contributed by atoms with E-state index in [4.69, 9.17) is 4.74 Å². The van der Waals surface area contributed by atoms with Gasteiger partial charge in [-0.1, -0.05) is 40.2 Å². The predicted molar refractivity (Wildman–Crippen MR) is 116 cm³/mol. The van der Waals surface area contributed by atoms with Gasteiger partial charge in [-0.05, 0) is 60.2 Å². The average Bonchev–Trinajstić information content (AvgIpc) is 3.06. The van der Waals surface area contributed by atoms with Gasteiger partial charge in [0.2, 0.25) is 0 Å². The van der Waals surface area contributed by atoms with E-state index in [1.165, 1.54) is 11.0 Å². The van der Waals surface area contributed by atoms with Crippen LogP contribution < -0.4 is 9.64 Å². The number of hydrogen-bond donors (Lipinski definition) is 0. The second-order valence-electron chi connectivity index (χ2n) is 6.33. The van der Waals surface area contributed by atoms with E-state index in [-0.39, 0.29) is 23.0 Å². The van der Waals surface area contributed by atoms with Crippen molar-refractivity contribution in [3.05, 3.63) is 99.9 Å². The second kappa shape index (κ2) is 8.01. The lowest BCUT2D eigenvalue weighted by Gasteiger charge is -2.19. The van der Waals surface area contributed by atoms with Crippen LogP contribution in [0.3, 0.4) is 0 Å². The van der Waals surface area contributed by atoms with Crippen LogP contribution in [-0.2, 0) is 4.79 Å². The smallest absolute Gasteiger partial charge is 0.282 e. The molecule has 0 fully saturated rings. The molecule has 1 amide bonds. The van der Waals surface area contributed by atoms with Crippen molar-refractivity contribution in [2.24, 2.45) is 4.99 Å². The van der Waals surface area contributed by atoms with Gasteiger partial charge in [-0.25, -0.2) is 9.38 Å². The Balaban J connectivity index is 1.82. The predicted octanol–water partition coefficient (Wildman–Crippen LogP) is 5.43. The van der Waals surface area contributed by atoms with E-state index in [9.17, 15) is 9.18 Å². The number of methoxy groups -OCH3 is 1. The van der Waals surface area contributed by atoms with Crippen LogP contribution in [-0.4, -0.2) is 18.9 Å². The quantitative estimate of drug-likeness (QED) is 0.497. The van der Waals surface area contributed by atoms with Crippen molar-refractivity contribution < 1.29 is 13.9 Å². The molecule has 0 unspecified atom stereocenters. The molecule has 4 rings (SSSR count). The number of amidine groups is 1. The Labute approximate surface area is 176 Å². The standard InChI is InChI=1S/C23H16BrFN2O2/c1-29-18-12-10-17(11-13-18)27-22(19-4-2-3-5-20(19)25)26-21(23(27)28)14-15-6-8-16(24)9-7-15/h2-14H,1H3/b21-14+. The minimum absolute atomic E-state index is 0.237. The lowest BCUT2D eigenvalue weighted by Crippen LogP contribution is -2.33. The first-order valence-electron chi connectivity index (χ1n) is 8.86. The fraction of sp³-hybridized carbons (Fsp3) is 0.0435. The number of anilines is 1. The minimum atomic E-state index is -0.442. The molecule has 1 aliphatic heterocycles. The van der Waals surface area contributed by atoms with E-state index in [2.05, 4.69) is 20.9 Å². The average molecular weight is 451 g/mol. The van der Waals surface area contributed by atoms with E-state index in [1.54, 1.807) is 55.7 Å². The molecule has 0 saturated heterocycles. The Hall–Kier alpha value is -3.25. The highest BCUT2D eigenvalue weighted by molar-refractivity contribution is 9.10. The molecule has 4 nitrogen and oxygen atoms in total. The number of amides is 1. The third kappa shape index (κ3) is 3.84. The van der Waals surface area contributed by atoms with E-state index in [1.807, 2.05) is 24.3 Å². The van der Waals surface area contributed by atoms with Crippen molar-refractivity contribution in [3.8, 4) is 5.75 Å². The molecule has 0 N–H and O–H groups in total. The molecule has 29 heavy (non-hydrogen) atoms. The maximum absolute atomic E-state index is 14.5. The van der Waals surface area contributed by atoms with Gasteiger partial charge in [0, 0.05) is 4.47 Å². The minimum Gasteiger partial charge on any atom is -0.497 e. The maximum Gasteiger partial charge on any atom is 0.282 e. The third-order valence-corrected chi connectivity index (χ3v) is 5.01. The Kier molecular flexibility index (Phi) is 5.27. The summed E-state index contributed by atoms with van der Waals surface area (Å²) in [6, 6.07) is 20.8. The fourth-order valence-electron chi connectivity index (χ4n) is 3.03. The summed E-state index contributed by atoms with van der Waals surface area (Å²) in [4.78, 5) is 19.1. The Bertz CT molecular complexity index is 1120. The van der Waals surface area contributed by atoms with Crippen LogP contribution in [0, 0.1) is 5.82 Å². The van der Waals surface area contributed by atoms with Gasteiger partial charge in [0.05, 0.1) is 18.4 Å². The summed E-state index contributed by atoms with van der Waals surface area (Å²) in [6.45, 7) is 0. The molecule has 144 valence electrons. The van der Waals surface area contributed by atoms with Crippen LogP contribution in [0.1, 0.15) is 11.1 Å². The number of ether oxygens (including phenoxy) is 1. The topological polar surface area (TPSA) is 41.9 Å². The number of nitrogens with zero attached hydrogens (tertiary/aromatic N) is 2. The summed E-state index contributed by atoms with van der Waals surface area (Å²) in [5.74, 6) is 0.149. The summed E-state index contributed by atoms with van der Waals surface area (Å²) in [7, 11) is 1.57. The van der Waals surface area contributed by atoms with E-state index < -0.39 is 5.82 Å². The van der Waals surface area contributed by atoms with Crippen molar-refractivity contribution in [2.75, 3.05) is 12.0 Å². The highest BCUT2D eigenvalue weighted by atomic mass is 79.9. The van der Waals surface area contributed by atoms with Gasteiger partial charge in [-0.2, -0.15) is 0 Å². The summed E-state index contributed by atoms with van der Waals surface area (Å²) in [6.07, 6.45) is 1.69. The molecule has 0 radical (unpaired) electrons. The number of hydrogen-bond acceptors (Lipinski definition) is 3. The van der Waals surface area contributed by atoms with Crippen LogP contribution in [0.25, 0.3) is 6.08 Å². The fourth-order valence-corrected chi connectivity index (χ4v) is 3.29. The van der Waals surface area contributed by atoms with E-state index >= 15 is 0 Å². The van der Waals surface area contributed by atoms with Gasteiger partial charge in [-0.3, -0.25) is 9.69 Å². The van der Waals surface area contributed by atoms with Gasteiger partial charge >= 0.3 is 0 Å². The van der Waals surface area contributed by atoms with Gasteiger partial charge in [0.15, 0.2) is 5.84 Å². The van der Waals surface area contributed by atoms with Crippen LogP contribution in [0.2, 0.25) is 0 Å². The number of benzene rings is 3. The largest absolute Gasteiger partial charge is 0.497 e. The van der Waals surface area contributed by atoms with Crippen LogP contribution in [0.5, 0.6) is 5.75 Å². The molecule has 0 aliphatic carbocycles. The lowest BCUT2D eigenvalue weighted by molar-refractivity contribution is -0.113. The molecule has 3 aromatic rings. The van der Waals surface area contributed by atoms with Gasteiger partial charge in [-0.15, -0.1) is 0 Å². The molecular formula is C23H16BrFN2O2. The Morgan fingerprint density at radius 1 is 1.00 bits per heavy atom. The molecular weight excluding hydrogens is 435 g/mol. The summed E-state index contributed by atoms with van der Waals surface area (Å²) < 4.78 is 20.6. The molecule has 0 bridgehead atoms. The molecule has 0 saturated carbocycles. The van der Waals surface area contributed by atoms with Gasteiger partial charge in [0.25, 0.3) is 5.91 Å². The zero-order valence-electron chi connectivity index (χ0n) is 15.5. The first-order chi connectivity index (χ1) is 14.1. The van der Waals surface area contributed by atoms with Crippen molar-refractivity contribution >= 4 is 39.4 Å². The summed E-state index contributed by atoms with van der Waals surface area (Å²) >= 11 is 3.39. The summed E-state index contributed by atoms with van der Waals surface area (Å²) in [5, 5.41) is 0. The molecule has 0 spiro atoms. The van der Waals surface area contributed by atoms with Gasteiger partial charge < -0.3 is 4.74 Å². The zero-order chi connectivity index (χ0) is 20.4. The third-order valence-electron chi connectivity index (χ3n) is 4.48. The van der Waals surface area contributed by atoms with Crippen molar-refractivity contribution in [1.82, 2.24) is 0 Å². The monoisotopic (exact) mass is 450 g/mol. The number of carbonyl (C=O) groups excluding carboxylic acids is 1. The molecule has 1 heterocycles. The number of carbonyl (C=O) groups is 1. The molecule has 6 heteroatoms. The van der Waals surface area contributed by atoms with Crippen LogP contribution in [0.15, 0.2) is 88.0 Å².